The fourth-order valence-corrected chi connectivity index (χ4v) is 2.63. The third kappa shape index (κ3) is 1.98. The van der Waals surface area contributed by atoms with Gasteiger partial charge in [-0.05, 0) is 43.4 Å². The molecule has 2 heteroatoms. The topological polar surface area (TPSA) is 12.0 Å². The van der Waals surface area contributed by atoms with Crippen molar-refractivity contribution in [3.63, 3.8) is 0 Å². The van der Waals surface area contributed by atoms with Crippen LogP contribution in [0.25, 0.3) is 0 Å². The van der Waals surface area contributed by atoms with Gasteiger partial charge in [-0.2, -0.15) is 0 Å². The second-order valence-corrected chi connectivity index (χ2v) is 5.31. The molecule has 0 spiro atoms. The van der Waals surface area contributed by atoms with Crippen molar-refractivity contribution in [1.29, 1.82) is 0 Å². The van der Waals surface area contributed by atoms with E-state index in [1.54, 1.807) is 0 Å². The van der Waals surface area contributed by atoms with Crippen LogP contribution in [-0.2, 0) is 0 Å². The number of hydrogen-bond acceptors (Lipinski definition) is 1. The van der Waals surface area contributed by atoms with E-state index >= 15 is 0 Å². The number of rotatable bonds is 1. The number of halogens is 1. The van der Waals surface area contributed by atoms with Gasteiger partial charge in [-0.1, -0.05) is 31.5 Å². The highest BCUT2D eigenvalue weighted by molar-refractivity contribution is 6.30. The lowest BCUT2D eigenvalue weighted by atomic mass is 9.79. The normalized spacial score (nSPS) is 29.5. The first-order valence-corrected chi connectivity index (χ1v) is 5.99. The molecule has 0 saturated heterocycles. The Morgan fingerprint density at radius 1 is 1.53 bits per heavy atom. The van der Waals surface area contributed by atoms with Gasteiger partial charge in [0.15, 0.2) is 0 Å². The van der Waals surface area contributed by atoms with Crippen LogP contribution in [0.5, 0.6) is 0 Å². The van der Waals surface area contributed by atoms with Gasteiger partial charge in [-0.15, -0.1) is 0 Å². The van der Waals surface area contributed by atoms with E-state index < -0.39 is 0 Å². The molecule has 2 rings (SSSR count). The van der Waals surface area contributed by atoms with Crippen molar-refractivity contribution in [2.24, 2.45) is 0 Å². The molecule has 1 nitrogen and oxygen atoms in total. The zero-order valence-electron chi connectivity index (χ0n) is 9.60. The largest absolute Gasteiger partial charge is 0.380 e. The molecule has 0 aliphatic carbocycles. The number of nitrogens with one attached hydrogen (secondary N) is 1. The monoisotopic (exact) mass is 223 g/mol. The summed E-state index contributed by atoms with van der Waals surface area (Å²) in [4.78, 5) is 0. The first kappa shape index (κ1) is 10.8. The Hall–Kier alpha value is -0.690. The summed E-state index contributed by atoms with van der Waals surface area (Å²) in [6, 6.07) is 6.16. The van der Waals surface area contributed by atoms with Gasteiger partial charge in [0.1, 0.15) is 0 Å². The standard InChI is InChI=1S/C13H18ClN/c1-4-13(3)8-9(2)11-6-5-10(14)7-12(11)15-13/h5-7,9,15H,4,8H2,1-3H3. The second-order valence-electron chi connectivity index (χ2n) is 4.88. The maximum Gasteiger partial charge on any atom is 0.0426 e. The fourth-order valence-electron chi connectivity index (χ4n) is 2.46. The maximum atomic E-state index is 6.02. The SMILES string of the molecule is CCC1(C)CC(C)c2ccc(Cl)cc2N1. The molecule has 82 valence electrons. The molecule has 0 saturated carbocycles. The van der Waals surface area contributed by atoms with Crippen molar-refractivity contribution in [3.8, 4) is 0 Å². The number of anilines is 1. The van der Waals surface area contributed by atoms with E-state index in [1.165, 1.54) is 17.7 Å². The van der Waals surface area contributed by atoms with E-state index in [0.717, 1.165) is 11.4 Å². The summed E-state index contributed by atoms with van der Waals surface area (Å²) < 4.78 is 0. The van der Waals surface area contributed by atoms with Gasteiger partial charge in [-0.3, -0.25) is 0 Å². The van der Waals surface area contributed by atoms with Crippen LogP contribution in [0.2, 0.25) is 5.02 Å². The lowest BCUT2D eigenvalue weighted by Crippen LogP contribution is -2.39. The Morgan fingerprint density at radius 2 is 2.27 bits per heavy atom. The third-order valence-corrected chi connectivity index (χ3v) is 3.75. The van der Waals surface area contributed by atoms with Gasteiger partial charge in [0.25, 0.3) is 0 Å². The van der Waals surface area contributed by atoms with Gasteiger partial charge in [-0.25, -0.2) is 0 Å². The summed E-state index contributed by atoms with van der Waals surface area (Å²) in [6.45, 7) is 6.81. The quantitative estimate of drug-likeness (QED) is 0.743. The number of hydrogen-bond donors (Lipinski definition) is 1. The molecular weight excluding hydrogens is 206 g/mol. The molecule has 15 heavy (non-hydrogen) atoms. The highest BCUT2D eigenvalue weighted by atomic mass is 35.5. The highest BCUT2D eigenvalue weighted by Crippen LogP contribution is 2.40. The molecular formula is C13H18ClN. The molecule has 0 bridgehead atoms. The summed E-state index contributed by atoms with van der Waals surface area (Å²) in [5.41, 5.74) is 2.83. The van der Waals surface area contributed by atoms with Crippen molar-refractivity contribution in [2.45, 2.75) is 45.1 Å². The Morgan fingerprint density at radius 3 is 2.93 bits per heavy atom. The van der Waals surface area contributed by atoms with Gasteiger partial charge < -0.3 is 5.32 Å². The molecule has 1 aromatic rings. The summed E-state index contributed by atoms with van der Waals surface area (Å²) in [5.74, 6) is 0.614. The first-order valence-electron chi connectivity index (χ1n) is 5.62. The van der Waals surface area contributed by atoms with Crippen LogP contribution in [-0.4, -0.2) is 5.54 Å². The molecule has 1 N–H and O–H groups in total. The zero-order valence-corrected chi connectivity index (χ0v) is 10.4. The van der Waals surface area contributed by atoms with Crippen molar-refractivity contribution in [2.75, 3.05) is 5.32 Å². The average Bonchev–Trinajstić information content (AvgIpc) is 2.16. The van der Waals surface area contributed by atoms with Gasteiger partial charge in [0.05, 0.1) is 0 Å². The Balaban J connectivity index is 2.41. The molecule has 0 radical (unpaired) electrons. The van der Waals surface area contributed by atoms with E-state index in [4.69, 9.17) is 11.6 Å². The van der Waals surface area contributed by atoms with Crippen molar-refractivity contribution in [1.82, 2.24) is 0 Å². The predicted octanol–water partition coefficient (Wildman–Crippen LogP) is 4.43. The second kappa shape index (κ2) is 3.71. The molecule has 1 aliphatic heterocycles. The van der Waals surface area contributed by atoms with Crippen LogP contribution in [0, 0.1) is 0 Å². The van der Waals surface area contributed by atoms with Crippen molar-refractivity contribution >= 4 is 17.3 Å². The summed E-state index contributed by atoms with van der Waals surface area (Å²) in [6.07, 6.45) is 2.33. The van der Waals surface area contributed by atoms with E-state index in [1.807, 2.05) is 12.1 Å². The van der Waals surface area contributed by atoms with E-state index in [-0.39, 0.29) is 5.54 Å². The van der Waals surface area contributed by atoms with Crippen molar-refractivity contribution < 1.29 is 0 Å². The van der Waals surface area contributed by atoms with Crippen LogP contribution < -0.4 is 5.32 Å². The Labute approximate surface area is 96.8 Å². The van der Waals surface area contributed by atoms with Gasteiger partial charge in [0.2, 0.25) is 0 Å². The predicted molar refractivity (Wildman–Crippen MR) is 66.8 cm³/mol. The lowest BCUT2D eigenvalue weighted by Gasteiger charge is -2.39. The molecule has 1 heterocycles. The molecule has 0 aromatic heterocycles. The summed E-state index contributed by atoms with van der Waals surface area (Å²) in [5, 5.41) is 4.42. The third-order valence-electron chi connectivity index (χ3n) is 3.52. The van der Waals surface area contributed by atoms with E-state index in [0.29, 0.717) is 5.92 Å². The fraction of sp³-hybridized carbons (Fsp3) is 0.538. The minimum absolute atomic E-state index is 0.219. The smallest absolute Gasteiger partial charge is 0.0426 e. The minimum atomic E-state index is 0.219. The van der Waals surface area contributed by atoms with E-state index in [2.05, 4.69) is 32.2 Å². The molecule has 2 unspecified atom stereocenters. The average molecular weight is 224 g/mol. The minimum Gasteiger partial charge on any atom is -0.380 e. The molecule has 2 atom stereocenters. The van der Waals surface area contributed by atoms with Gasteiger partial charge >= 0.3 is 0 Å². The van der Waals surface area contributed by atoms with Crippen LogP contribution in [0.1, 0.15) is 45.1 Å². The Kier molecular flexibility index (Phi) is 2.68. The highest BCUT2D eigenvalue weighted by Gasteiger charge is 2.31. The summed E-state index contributed by atoms with van der Waals surface area (Å²) in [7, 11) is 0. The van der Waals surface area contributed by atoms with Gasteiger partial charge in [0, 0.05) is 16.2 Å². The lowest BCUT2D eigenvalue weighted by molar-refractivity contribution is 0.407. The van der Waals surface area contributed by atoms with Crippen molar-refractivity contribution in [3.05, 3.63) is 28.8 Å². The zero-order chi connectivity index (χ0) is 11.1. The summed E-state index contributed by atoms with van der Waals surface area (Å²) >= 11 is 6.02. The van der Waals surface area contributed by atoms with Crippen LogP contribution in [0.3, 0.4) is 0 Å². The first-order chi connectivity index (χ1) is 7.04. The molecule has 1 aliphatic rings. The Bertz CT molecular complexity index is 375. The molecule has 0 fully saturated rings. The van der Waals surface area contributed by atoms with Crippen LogP contribution in [0.15, 0.2) is 18.2 Å². The number of benzene rings is 1. The molecule has 1 aromatic carbocycles. The van der Waals surface area contributed by atoms with E-state index in [9.17, 15) is 0 Å². The number of fused-ring (bicyclic) bond motifs is 1. The van der Waals surface area contributed by atoms with Crippen LogP contribution in [0.4, 0.5) is 5.69 Å². The van der Waals surface area contributed by atoms with Crippen LogP contribution >= 0.6 is 11.6 Å². The molecule has 0 amide bonds. The maximum absolute atomic E-state index is 6.02.